The lowest BCUT2D eigenvalue weighted by Gasteiger charge is -2.19. The molecule has 7 heterocycles. The first-order chi connectivity index (χ1) is 33.7. The number of rotatable bonds is 19. The monoisotopic (exact) mass is 953 g/mol. The Labute approximate surface area is 402 Å². The van der Waals surface area contributed by atoms with Crippen LogP contribution in [0.15, 0.2) is 60.8 Å². The summed E-state index contributed by atoms with van der Waals surface area (Å²) < 4.78 is 13.6. The Morgan fingerprint density at radius 2 is 1.53 bits per heavy atom. The van der Waals surface area contributed by atoms with E-state index in [1.807, 2.05) is 55.2 Å². The molecule has 0 bridgehead atoms. The summed E-state index contributed by atoms with van der Waals surface area (Å²) in [7, 11) is 3.12. The standard InChI is InChI=1S/C47H50N14O7.CH5N/c1-7-60-35(20-27(3)54-60)44-49-25-33-32-24-31(26-62)50-29(5)41(32)58(45(33)52-44)16-9-10-17-59-42-34(51-47(59)53-46(67)36-21-28(4)55-61(36)8-2)22-30(43(48)66)23-37(42)68-19-11-15-56(6)38(63)14-18-57-39(64)12-13-40(57)65;1-2/h9-10,12-13,20-26H,7-8,11,14-19H2,1-6H3,(H2,48,66)(H,51,53,67);2H2,1H3/b10-9+;. The van der Waals surface area contributed by atoms with Gasteiger partial charge in [-0.3, -0.25) is 48.3 Å². The number of amides is 5. The van der Waals surface area contributed by atoms with Crippen LogP contribution in [0.25, 0.3) is 44.5 Å². The molecule has 0 radical (unpaired) electrons. The van der Waals surface area contributed by atoms with Crippen molar-refractivity contribution in [2.45, 2.75) is 73.6 Å². The lowest BCUT2D eigenvalue weighted by Crippen LogP contribution is -2.36. The lowest BCUT2D eigenvalue weighted by molar-refractivity contribution is -0.138. The number of nitrogens with one attached hydrogen (secondary N) is 1. The van der Waals surface area contributed by atoms with Gasteiger partial charge in [-0.05, 0) is 78.4 Å². The smallest absolute Gasteiger partial charge is 0.276 e. The number of carbonyl (C=O) groups is 6. The van der Waals surface area contributed by atoms with Gasteiger partial charge in [0.2, 0.25) is 17.8 Å². The average molecular weight is 954 g/mol. The molecule has 0 fully saturated rings. The number of carbonyl (C=O) groups excluding carboxylic acids is 6. The molecule has 70 heavy (non-hydrogen) atoms. The fraction of sp³-hybridized carbons (Fsp3) is 0.333. The topological polar surface area (TPSA) is 279 Å². The maximum Gasteiger partial charge on any atom is 0.276 e. The highest BCUT2D eigenvalue weighted by atomic mass is 16.5. The number of nitrogens with zero attached hydrogens (tertiary/aromatic N) is 12. The van der Waals surface area contributed by atoms with E-state index in [2.05, 4.69) is 26.2 Å². The molecule has 0 saturated carbocycles. The predicted octanol–water partition coefficient (Wildman–Crippen LogP) is 3.89. The number of imide groups is 1. The largest absolute Gasteiger partial charge is 0.491 e. The predicted molar refractivity (Wildman–Crippen MR) is 261 cm³/mol. The number of anilines is 1. The molecule has 0 atom stereocenters. The molecular formula is C48H55N15O7. The van der Waals surface area contributed by atoms with Crippen LogP contribution in [-0.4, -0.2) is 128 Å². The number of fused-ring (bicyclic) bond motifs is 4. The third kappa shape index (κ3) is 10.1. The lowest BCUT2D eigenvalue weighted by atomic mass is 10.1. The van der Waals surface area contributed by atoms with Crippen molar-refractivity contribution in [1.82, 2.24) is 58.4 Å². The van der Waals surface area contributed by atoms with Crippen molar-refractivity contribution in [3.05, 3.63) is 94.9 Å². The number of imidazole rings is 1. The van der Waals surface area contributed by atoms with E-state index in [-0.39, 0.29) is 61.5 Å². The zero-order valence-corrected chi connectivity index (χ0v) is 40.1. The van der Waals surface area contributed by atoms with Crippen LogP contribution in [-0.2, 0) is 40.6 Å². The van der Waals surface area contributed by atoms with E-state index in [0.29, 0.717) is 71.9 Å². The summed E-state index contributed by atoms with van der Waals surface area (Å²) in [6, 6.07) is 8.40. The number of aromatic nitrogens is 10. The number of nitrogens with two attached hydrogens (primary N) is 2. The van der Waals surface area contributed by atoms with E-state index >= 15 is 0 Å². The molecule has 5 amide bonds. The Hall–Kier alpha value is -8.40. The number of aryl methyl sites for hydroxylation is 5. The summed E-state index contributed by atoms with van der Waals surface area (Å²) in [4.78, 5) is 96.9. The van der Waals surface area contributed by atoms with Crippen LogP contribution in [0, 0.1) is 20.8 Å². The summed E-state index contributed by atoms with van der Waals surface area (Å²) in [6.45, 7) is 11.4. The van der Waals surface area contributed by atoms with Crippen molar-refractivity contribution in [1.29, 1.82) is 0 Å². The maximum atomic E-state index is 13.9. The summed E-state index contributed by atoms with van der Waals surface area (Å²) in [5.74, 6) is -1.41. The zero-order chi connectivity index (χ0) is 50.4. The molecule has 0 aliphatic carbocycles. The molecule has 1 aromatic carbocycles. The normalized spacial score (nSPS) is 12.4. The molecule has 22 nitrogen and oxygen atoms in total. The first kappa shape index (κ1) is 49.5. The van der Waals surface area contributed by atoms with Gasteiger partial charge in [0.25, 0.3) is 17.7 Å². The first-order valence-corrected chi connectivity index (χ1v) is 22.7. The molecule has 5 N–H and O–H groups in total. The minimum Gasteiger partial charge on any atom is -0.491 e. The van der Waals surface area contributed by atoms with E-state index in [4.69, 9.17) is 25.4 Å². The van der Waals surface area contributed by atoms with Gasteiger partial charge in [0.05, 0.1) is 34.7 Å². The van der Waals surface area contributed by atoms with Gasteiger partial charge >= 0.3 is 0 Å². The number of aldehydes is 1. The van der Waals surface area contributed by atoms with Gasteiger partial charge in [0, 0.05) is 87.4 Å². The van der Waals surface area contributed by atoms with E-state index in [1.54, 1.807) is 41.5 Å². The van der Waals surface area contributed by atoms with E-state index in [9.17, 15) is 28.8 Å². The van der Waals surface area contributed by atoms with Crippen molar-refractivity contribution >= 4 is 74.7 Å². The second kappa shape index (κ2) is 21.3. The van der Waals surface area contributed by atoms with E-state index < -0.39 is 23.6 Å². The fourth-order valence-corrected chi connectivity index (χ4v) is 8.35. The third-order valence-corrected chi connectivity index (χ3v) is 11.6. The summed E-state index contributed by atoms with van der Waals surface area (Å²) >= 11 is 0. The molecule has 364 valence electrons. The highest BCUT2D eigenvalue weighted by Crippen LogP contribution is 2.33. The van der Waals surface area contributed by atoms with Crippen molar-refractivity contribution in [3.63, 3.8) is 0 Å². The number of primary amides is 1. The molecule has 7 aromatic rings. The highest BCUT2D eigenvalue weighted by Gasteiger charge is 2.26. The number of hydrogen-bond donors (Lipinski definition) is 3. The minimum atomic E-state index is -0.716. The molecule has 8 rings (SSSR count). The Kier molecular flexibility index (Phi) is 15.0. The third-order valence-electron chi connectivity index (χ3n) is 11.6. The molecule has 22 heteroatoms. The van der Waals surface area contributed by atoms with Crippen molar-refractivity contribution in [3.8, 4) is 17.3 Å². The van der Waals surface area contributed by atoms with Crippen LogP contribution < -0.4 is 21.5 Å². The molecule has 1 aliphatic heterocycles. The molecule has 0 unspecified atom stereocenters. The second-order valence-corrected chi connectivity index (χ2v) is 16.3. The number of allylic oxidation sites excluding steroid dienone is 2. The van der Waals surface area contributed by atoms with E-state index in [1.165, 1.54) is 36.2 Å². The molecular weight excluding hydrogens is 899 g/mol. The van der Waals surface area contributed by atoms with Crippen molar-refractivity contribution in [2.24, 2.45) is 11.5 Å². The Morgan fingerprint density at radius 1 is 0.843 bits per heavy atom. The van der Waals surface area contributed by atoms with Gasteiger partial charge in [-0.2, -0.15) is 10.2 Å². The van der Waals surface area contributed by atoms with Crippen LogP contribution in [0.2, 0.25) is 0 Å². The molecule has 6 aromatic heterocycles. The van der Waals surface area contributed by atoms with Gasteiger partial charge in [-0.1, -0.05) is 12.2 Å². The first-order valence-electron chi connectivity index (χ1n) is 22.7. The van der Waals surface area contributed by atoms with Crippen LogP contribution in [0.3, 0.4) is 0 Å². The van der Waals surface area contributed by atoms with Gasteiger partial charge in [-0.15, -0.1) is 0 Å². The fourth-order valence-electron chi connectivity index (χ4n) is 8.35. The van der Waals surface area contributed by atoms with Crippen molar-refractivity contribution < 1.29 is 33.5 Å². The van der Waals surface area contributed by atoms with Crippen LogP contribution in [0.5, 0.6) is 5.75 Å². The zero-order valence-electron chi connectivity index (χ0n) is 40.1. The van der Waals surface area contributed by atoms with Crippen molar-refractivity contribution in [2.75, 3.05) is 39.1 Å². The van der Waals surface area contributed by atoms with Gasteiger partial charge < -0.3 is 30.2 Å². The number of benzene rings is 1. The Balaban J connectivity index is 0.00000356. The number of pyridine rings is 1. The highest BCUT2D eigenvalue weighted by molar-refractivity contribution is 6.13. The van der Waals surface area contributed by atoms with Crippen LogP contribution in [0.1, 0.15) is 75.1 Å². The number of hydrogen-bond acceptors (Lipinski definition) is 14. The Morgan fingerprint density at radius 3 is 2.21 bits per heavy atom. The number of ether oxygens (including phenoxy) is 1. The SMILES string of the molecule is CCn1nc(C)cc1C(=O)Nc1nc2cc(C(N)=O)cc(OCCCN(C)C(=O)CCN3C(=O)C=CC3=O)c2n1C/C=C/Cn1c2nc(-c3cc(C)nn3CC)ncc2c2cc(C=O)nc(C)c21.CN. The second-order valence-electron chi connectivity index (χ2n) is 16.3. The summed E-state index contributed by atoms with van der Waals surface area (Å²) in [5.41, 5.74) is 16.1. The van der Waals surface area contributed by atoms with Crippen LogP contribution >= 0.6 is 0 Å². The maximum absolute atomic E-state index is 13.9. The molecule has 0 spiro atoms. The molecule has 0 saturated heterocycles. The summed E-state index contributed by atoms with van der Waals surface area (Å²) in [5, 5.41) is 13.5. The van der Waals surface area contributed by atoms with Gasteiger partial charge in [0.15, 0.2) is 12.1 Å². The minimum absolute atomic E-state index is 0.0289. The quantitative estimate of drug-likeness (QED) is 0.0449. The van der Waals surface area contributed by atoms with E-state index in [0.717, 1.165) is 32.6 Å². The summed E-state index contributed by atoms with van der Waals surface area (Å²) in [6.07, 6.45) is 9.01. The van der Waals surface area contributed by atoms with Crippen LogP contribution in [0.4, 0.5) is 5.95 Å². The average Bonchev–Trinajstić information content (AvgIpc) is 4.17. The molecule has 1 aliphatic rings. The Bertz CT molecular complexity index is 3230. The van der Waals surface area contributed by atoms with Gasteiger partial charge in [-0.25, -0.2) is 19.9 Å². The van der Waals surface area contributed by atoms with Gasteiger partial charge in [0.1, 0.15) is 34.0 Å².